The second kappa shape index (κ2) is 11.2. The van der Waals surface area contributed by atoms with Gasteiger partial charge in [-0.25, -0.2) is 14.6 Å². The molecule has 2 fully saturated rings. The highest BCUT2D eigenvalue weighted by Gasteiger charge is 2.60. The molecule has 0 aromatic carbocycles. The fourth-order valence-corrected chi connectivity index (χ4v) is 6.77. The first-order valence-corrected chi connectivity index (χ1v) is 14.6. The standard InChI is InChI=1S/C23H36ClN6O7P/c1-7-33-19-16-18(27-22(25)28-19)30(11-26-16)21-23(6,24)17-15(36-21)10-35-38(32,37-17)29-14(8-12(2)3)9-34-20(31)13(4)5/h11-15,17,21H,7-10H2,1-6H3,(H,29,32)(H2,25,27,28)/t14-,15-,17-,21-,23-,38?/m1/s1. The summed E-state index contributed by atoms with van der Waals surface area (Å²) in [5.74, 6) is -0.116. The Morgan fingerprint density at radius 2 is 2.11 bits per heavy atom. The predicted octanol–water partition coefficient (Wildman–Crippen LogP) is 3.43. The number of halogens is 1. The second-order valence-corrected chi connectivity index (χ2v) is 12.9. The molecule has 2 aromatic rings. The van der Waals surface area contributed by atoms with Gasteiger partial charge in [-0.3, -0.25) is 18.4 Å². The van der Waals surface area contributed by atoms with E-state index in [9.17, 15) is 9.36 Å². The smallest absolute Gasteiger partial charge is 0.406 e. The van der Waals surface area contributed by atoms with E-state index < -0.39 is 37.1 Å². The van der Waals surface area contributed by atoms with Crippen LogP contribution in [0.1, 0.15) is 54.2 Å². The fourth-order valence-electron chi connectivity index (χ4n) is 4.54. The van der Waals surface area contributed by atoms with Gasteiger partial charge < -0.3 is 19.9 Å². The zero-order valence-electron chi connectivity index (χ0n) is 22.4. The number of imidazole rings is 1. The molecular weight excluding hydrogens is 539 g/mol. The van der Waals surface area contributed by atoms with E-state index in [1.54, 1.807) is 25.3 Å². The molecule has 4 rings (SSSR count). The zero-order chi connectivity index (χ0) is 27.8. The molecule has 15 heteroatoms. The third kappa shape index (κ3) is 5.93. The Morgan fingerprint density at radius 1 is 1.37 bits per heavy atom. The highest BCUT2D eigenvalue weighted by Crippen LogP contribution is 2.58. The molecule has 6 atom stereocenters. The quantitative estimate of drug-likeness (QED) is 0.242. The van der Waals surface area contributed by atoms with Gasteiger partial charge in [0.1, 0.15) is 23.7 Å². The molecule has 0 amide bonds. The van der Waals surface area contributed by atoms with Gasteiger partial charge in [-0.15, -0.1) is 11.6 Å². The number of hydrogen-bond acceptors (Lipinski definition) is 11. The first-order valence-electron chi connectivity index (χ1n) is 12.7. The van der Waals surface area contributed by atoms with E-state index in [2.05, 4.69) is 20.0 Å². The van der Waals surface area contributed by atoms with Crippen LogP contribution in [0.15, 0.2) is 6.33 Å². The van der Waals surface area contributed by atoms with Gasteiger partial charge in [-0.1, -0.05) is 27.7 Å². The van der Waals surface area contributed by atoms with Crippen molar-refractivity contribution in [1.82, 2.24) is 24.6 Å². The molecule has 0 saturated carbocycles. The van der Waals surface area contributed by atoms with E-state index in [1.807, 2.05) is 20.8 Å². The molecule has 4 heterocycles. The average molecular weight is 575 g/mol. The van der Waals surface area contributed by atoms with Gasteiger partial charge in [0.05, 0.1) is 31.5 Å². The number of aromatic nitrogens is 4. The van der Waals surface area contributed by atoms with Crippen molar-refractivity contribution in [3.63, 3.8) is 0 Å². The Kier molecular flexibility index (Phi) is 8.56. The van der Waals surface area contributed by atoms with Gasteiger partial charge in [0.15, 0.2) is 17.4 Å². The molecule has 13 nitrogen and oxygen atoms in total. The van der Waals surface area contributed by atoms with Gasteiger partial charge in [-0.2, -0.15) is 9.97 Å². The maximum absolute atomic E-state index is 13.7. The summed E-state index contributed by atoms with van der Waals surface area (Å²) in [6, 6.07) is -0.450. The molecule has 0 radical (unpaired) electrons. The second-order valence-electron chi connectivity index (χ2n) is 10.4. The highest BCUT2D eigenvalue weighted by atomic mass is 35.5. The Morgan fingerprint density at radius 3 is 2.76 bits per heavy atom. The monoisotopic (exact) mass is 574 g/mol. The molecule has 3 N–H and O–H groups in total. The van der Waals surface area contributed by atoms with Crippen LogP contribution < -0.4 is 15.6 Å². The summed E-state index contributed by atoms with van der Waals surface area (Å²) in [5, 5.41) is 2.96. The van der Waals surface area contributed by atoms with Crippen molar-refractivity contribution in [2.45, 2.75) is 77.3 Å². The van der Waals surface area contributed by atoms with Crippen LogP contribution in [0.5, 0.6) is 5.88 Å². The van der Waals surface area contributed by atoms with E-state index in [1.165, 1.54) is 6.33 Å². The van der Waals surface area contributed by atoms with Gasteiger partial charge in [0, 0.05) is 0 Å². The number of anilines is 1. The molecule has 0 spiro atoms. The fraction of sp³-hybridized carbons (Fsp3) is 0.739. The van der Waals surface area contributed by atoms with Crippen molar-refractivity contribution in [3.05, 3.63) is 6.33 Å². The van der Waals surface area contributed by atoms with Crippen LogP contribution in [0.25, 0.3) is 11.2 Å². The van der Waals surface area contributed by atoms with Crippen LogP contribution in [-0.2, 0) is 27.9 Å². The number of fused-ring (bicyclic) bond motifs is 2. The first kappa shape index (κ1) is 29.0. The van der Waals surface area contributed by atoms with Crippen molar-refractivity contribution >= 4 is 42.4 Å². The number of esters is 1. The van der Waals surface area contributed by atoms with Crippen LogP contribution >= 0.6 is 19.3 Å². The summed E-state index contributed by atoms with van der Waals surface area (Å²) in [4.78, 5) is 23.6. The van der Waals surface area contributed by atoms with Crippen molar-refractivity contribution in [3.8, 4) is 5.88 Å². The Bertz CT molecular complexity index is 1210. The number of hydrogen-bond donors (Lipinski definition) is 2. The summed E-state index contributed by atoms with van der Waals surface area (Å²) in [5.41, 5.74) is 6.69. The van der Waals surface area contributed by atoms with Gasteiger partial charge in [-0.05, 0) is 26.2 Å². The minimum atomic E-state index is -3.83. The van der Waals surface area contributed by atoms with E-state index >= 15 is 0 Å². The Labute approximate surface area is 226 Å². The molecule has 2 saturated heterocycles. The van der Waals surface area contributed by atoms with Gasteiger partial charge >= 0.3 is 13.7 Å². The zero-order valence-corrected chi connectivity index (χ0v) is 24.1. The lowest BCUT2D eigenvalue weighted by Gasteiger charge is -2.36. The molecule has 1 unspecified atom stereocenters. The molecule has 38 heavy (non-hydrogen) atoms. The number of rotatable bonds is 10. The number of nitrogens with two attached hydrogens (primary N) is 1. The van der Waals surface area contributed by atoms with Crippen LogP contribution in [0.3, 0.4) is 0 Å². The van der Waals surface area contributed by atoms with Gasteiger partial charge in [0.25, 0.3) is 0 Å². The average Bonchev–Trinajstić information content (AvgIpc) is 3.34. The Hall–Kier alpha value is -2.02. The summed E-state index contributed by atoms with van der Waals surface area (Å²) in [6.07, 6.45) is -0.123. The highest BCUT2D eigenvalue weighted by molar-refractivity contribution is 7.51. The predicted molar refractivity (Wildman–Crippen MR) is 140 cm³/mol. The molecule has 2 aliphatic rings. The number of nitrogens with one attached hydrogen (secondary N) is 1. The topological polar surface area (TPSA) is 162 Å². The van der Waals surface area contributed by atoms with E-state index in [0.29, 0.717) is 24.2 Å². The van der Waals surface area contributed by atoms with Crippen LogP contribution in [0.4, 0.5) is 5.95 Å². The summed E-state index contributed by atoms with van der Waals surface area (Å²) in [6.45, 7) is 11.5. The normalized spacial score (nSPS) is 30.1. The third-order valence-corrected chi connectivity index (χ3v) is 8.35. The number of ether oxygens (including phenoxy) is 3. The summed E-state index contributed by atoms with van der Waals surface area (Å²) < 4.78 is 44.2. The lowest BCUT2D eigenvalue weighted by Crippen LogP contribution is -2.47. The lowest BCUT2D eigenvalue weighted by atomic mass is 10.0. The number of alkyl halides is 1. The third-order valence-electron chi connectivity index (χ3n) is 6.28. The lowest BCUT2D eigenvalue weighted by molar-refractivity contribution is -0.148. The molecule has 0 aliphatic carbocycles. The van der Waals surface area contributed by atoms with Crippen molar-refractivity contribution < 1.29 is 32.6 Å². The van der Waals surface area contributed by atoms with Crippen LogP contribution in [0, 0.1) is 11.8 Å². The minimum Gasteiger partial charge on any atom is -0.476 e. The molecule has 0 bridgehead atoms. The summed E-state index contributed by atoms with van der Waals surface area (Å²) >= 11 is 7.05. The number of nitrogen functional groups attached to an aromatic ring is 1. The number of carbonyl (C=O) groups excluding carboxylic acids is 1. The van der Waals surface area contributed by atoms with Crippen molar-refractivity contribution in [2.75, 3.05) is 25.6 Å². The van der Waals surface area contributed by atoms with Crippen LogP contribution in [-0.4, -0.2) is 68.4 Å². The van der Waals surface area contributed by atoms with Crippen molar-refractivity contribution in [2.24, 2.45) is 11.8 Å². The van der Waals surface area contributed by atoms with Crippen molar-refractivity contribution in [1.29, 1.82) is 0 Å². The Balaban J connectivity index is 1.55. The molecule has 212 valence electrons. The number of carbonyl (C=O) groups is 1. The van der Waals surface area contributed by atoms with Gasteiger partial charge in [0.2, 0.25) is 11.8 Å². The van der Waals surface area contributed by atoms with E-state index in [0.717, 1.165) is 0 Å². The number of nitrogens with zero attached hydrogens (tertiary/aromatic N) is 4. The maximum Gasteiger partial charge on any atom is 0.406 e. The first-order chi connectivity index (χ1) is 17.8. The van der Waals surface area contributed by atoms with Crippen LogP contribution in [0.2, 0.25) is 0 Å². The largest absolute Gasteiger partial charge is 0.476 e. The van der Waals surface area contributed by atoms with E-state index in [4.69, 9.17) is 40.6 Å². The molecule has 2 aromatic heterocycles. The SMILES string of the molecule is CCOc1nc(N)nc2c1ncn2[C@@H]1O[C@@H]2COP(=O)(N[C@@H](COC(=O)C(C)C)CC(C)C)O[C@H]2[C@@]1(C)Cl. The summed E-state index contributed by atoms with van der Waals surface area (Å²) in [7, 11) is -3.83. The molecular formula is C23H36ClN6O7P. The maximum atomic E-state index is 13.7. The minimum absolute atomic E-state index is 0.0111. The molecule has 2 aliphatic heterocycles. The van der Waals surface area contributed by atoms with E-state index in [-0.39, 0.29) is 42.8 Å².